The fraction of sp³-hybridized carbons (Fsp3) is 0.625. The van der Waals surface area contributed by atoms with Gasteiger partial charge in [-0.3, -0.25) is 0 Å². The summed E-state index contributed by atoms with van der Waals surface area (Å²) in [6.07, 6.45) is 4.50. The van der Waals surface area contributed by atoms with Crippen molar-refractivity contribution in [3.05, 3.63) is 29.8 Å². The minimum atomic E-state index is 0.247. The number of para-hydroxylation sites is 1. The highest BCUT2D eigenvalue weighted by atomic mass is 16.5. The lowest BCUT2D eigenvalue weighted by atomic mass is 9.82. The van der Waals surface area contributed by atoms with Gasteiger partial charge in [-0.25, -0.2) is 0 Å². The number of hydrogen-bond acceptors (Lipinski definition) is 3. The lowest BCUT2D eigenvalue weighted by molar-refractivity contribution is 0.0422. The van der Waals surface area contributed by atoms with Crippen molar-refractivity contribution in [3.8, 4) is 5.75 Å². The monoisotopic (exact) mass is 261 g/mol. The highest BCUT2D eigenvalue weighted by molar-refractivity contribution is 5.37. The van der Waals surface area contributed by atoms with Crippen LogP contribution in [0, 0.1) is 5.92 Å². The Morgan fingerprint density at radius 1 is 1.21 bits per heavy atom. The van der Waals surface area contributed by atoms with Crippen LogP contribution in [-0.2, 0) is 4.74 Å². The normalized spacial score (nSPS) is 28.3. The van der Waals surface area contributed by atoms with Gasteiger partial charge < -0.3 is 15.2 Å². The van der Waals surface area contributed by atoms with E-state index >= 15 is 0 Å². The molecule has 0 bridgehead atoms. The van der Waals surface area contributed by atoms with E-state index in [-0.39, 0.29) is 6.04 Å². The highest BCUT2D eigenvalue weighted by Gasteiger charge is 2.27. The van der Waals surface area contributed by atoms with E-state index in [1.165, 1.54) is 12.0 Å². The average molecular weight is 261 g/mol. The Kier molecular flexibility index (Phi) is 4.04. The van der Waals surface area contributed by atoms with Gasteiger partial charge in [0, 0.05) is 12.6 Å². The van der Waals surface area contributed by atoms with E-state index in [4.69, 9.17) is 15.2 Å². The van der Waals surface area contributed by atoms with Crippen molar-refractivity contribution in [2.24, 2.45) is 11.7 Å². The molecule has 0 amide bonds. The van der Waals surface area contributed by atoms with Crippen molar-refractivity contribution in [1.29, 1.82) is 0 Å². The molecule has 0 aromatic heterocycles. The van der Waals surface area contributed by atoms with Crippen LogP contribution in [0.2, 0.25) is 0 Å². The molecule has 3 heteroatoms. The first-order valence-corrected chi connectivity index (χ1v) is 7.39. The third kappa shape index (κ3) is 2.93. The molecule has 2 aliphatic heterocycles. The largest absolute Gasteiger partial charge is 0.493 e. The maximum absolute atomic E-state index is 6.42. The van der Waals surface area contributed by atoms with Gasteiger partial charge in [-0.2, -0.15) is 0 Å². The van der Waals surface area contributed by atoms with Crippen molar-refractivity contribution in [2.75, 3.05) is 19.8 Å². The topological polar surface area (TPSA) is 44.5 Å². The molecule has 1 fully saturated rings. The molecule has 3 nitrogen and oxygen atoms in total. The Hall–Kier alpha value is -1.06. The predicted octanol–water partition coefficient (Wildman–Crippen LogP) is 2.70. The molecular formula is C16H23NO2. The Labute approximate surface area is 115 Å². The van der Waals surface area contributed by atoms with Crippen LogP contribution in [0.1, 0.15) is 37.2 Å². The molecule has 1 aromatic carbocycles. The molecule has 0 radical (unpaired) electrons. The van der Waals surface area contributed by atoms with Gasteiger partial charge in [0.05, 0.1) is 13.2 Å². The lowest BCUT2D eigenvalue weighted by Gasteiger charge is -2.32. The van der Waals surface area contributed by atoms with Gasteiger partial charge in [0.15, 0.2) is 0 Å². The van der Waals surface area contributed by atoms with Crippen molar-refractivity contribution >= 4 is 0 Å². The van der Waals surface area contributed by atoms with Crippen LogP contribution in [0.4, 0.5) is 0 Å². The van der Waals surface area contributed by atoms with Crippen molar-refractivity contribution < 1.29 is 9.47 Å². The summed E-state index contributed by atoms with van der Waals surface area (Å²) in [5, 5.41) is 0. The molecule has 0 aliphatic carbocycles. The van der Waals surface area contributed by atoms with Gasteiger partial charge in [0.1, 0.15) is 5.75 Å². The highest BCUT2D eigenvalue weighted by Crippen LogP contribution is 2.37. The van der Waals surface area contributed by atoms with Crippen LogP contribution in [0.25, 0.3) is 0 Å². The number of ether oxygens (including phenoxy) is 2. The maximum atomic E-state index is 6.42. The van der Waals surface area contributed by atoms with Crippen molar-refractivity contribution in [1.82, 2.24) is 0 Å². The van der Waals surface area contributed by atoms with Gasteiger partial charge in [-0.1, -0.05) is 18.2 Å². The summed E-state index contributed by atoms with van der Waals surface area (Å²) < 4.78 is 11.3. The van der Waals surface area contributed by atoms with Crippen LogP contribution >= 0.6 is 0 Å². The zero-order chi connectivity index (χ0) is 13.1. The summed E-state index contributed by atoms with van der Waals surface area (Å²) in [6.45, 7) is 2.56. The fourth-order valence-electron chi connectivity index (χ4n) is 3.28. The SMILES string of the molecule is NC(CC1CCOc2ccccc21)C1CCCOC1. The van der Waals surface area contributed by atoms with Crippen LogP contribution in [0.3, 0.4) is 0 Å². The molecule has 0 saturated carbocycles. The number of nitrogens with two attached hydrogens (primary N) is 1. The maximum Gasteiger partial charge on any atom is 0.122 e. The second-order valence-electron chi connectivity index (χ2n) is 5.75. The Bertz CT molecular complexity index is 415. The molecule has 3 unspecified atom stereocenters. The number of hydrogen-bond donors (Lipinski definition) is 1. The van der Waals surface area contributed by atoms with Gasteiger partial charge in [-0.15, -0.1) is 0 Å². The zero-order valence-corrected chi connectivity index (χ0v) is 11.4. The first kappa shape index (κ1) is 12.9. The van der Waals surface area contributed by atoms with E-state index in [1.54, 1.807) is 0 Å². The zero-order valence-electron chi connectivity index (χ0n) is 11.4. The third-order valence-electron chi connectivity index (χ3n) is 4.44. The van der Waals surface area contributed by atoms with Crippen LogP contribution in [-0.4, -0.2) is 25.9 Å². The van der Waals surface area contributed by atoms with Gasteiger partial charge in [0.2, 0.25) is 0 Å². The van der Waals surface area contributed by atoms with E-state index in [0.29, 0.717) is 11.8 Å². The van der Waals surface area contributed by atoms with E-state index in [1.807, 2.05) is 6.07 Å². The summed E-state index contributed by atoms with van der Waals surface area (Å²) in [4.78, 5) is 0. The van der Waals surface area contributed by atoms with Crippen LogP contribution in [0.5, 0.6) is 5.75 Å². The molecule has 2 N–H and O–H groups in total. The number of rotatable bonds is 3. The second kappa shape index (κ2) is 5.93. The Balaban J connectivity index is 1.66. The molecular weight excluding hydrogens is 238 g/mol. The summed E-state index contributed by atoms with van der Waals surface area (Å²) in [6, 6.07) is 8.63. The van der Waals surface area contributed by atoms with Gasteiger partial charge in [-0.05, 0) is 49.1 Å². The Morgan fingerprint density at radius 3 is 2.95 bits per heavy atom. The van der Waals surface area contributed by atoms with E-state index in [2.05, 4.69) is 18.2 Å². The smallest absolute Gasteiger partial charge is 0.122 e. The van der Waals surface area contributed by atoms with E-state index in [0.717, 1.165) is 44.8 Å². The van der Waals surface area contributed by atoms with Crippen LogP contribution in [0.15, 0.2) is 24.3 Å². The number of benzene rings is 1. The van der Waals surface area contributed by atoms with E-state index < -0.39 is 0 Å². The summed E-state index contributed by atoms with van der Waals surface area (Å²) in [5.41, 5.74) is 7.75. The molecule has 3 atom stereocenters. The first-order valence-electron chi connectivity index (χ1n) is 7.39. The van der Waals surface area contributed by atoms with E-state index in [9.17, 15) is 0 Å². The third-order valence-corrected chi connectivity index (χ3v) is 4.44. The molecule has 2 aliphatic rings. The molecule has 1 aromatic rings. The van der Waals surface area contributed by atoms with Crippen molar-refractivity contribution in [3.63, 3.8) is 0 Å². The standard InChI is InChI=1S/C16H23NO2/c17-15(13-4-3-8-18-11-13)10-12-7-9-19-16-6-2-1-5-14(12)16/h1-2,5-6,12-13,15H,3-4,7-11,17H2. The van der Waals surface area contributed by atoms with Crippen LogP contribution < -0.4 is 10.5 Å². The van der Waals surface area contributed by atoms with Crippen molar-refractivity contribution in [2.45, 2.75) is 37.6 Å². The molecule has 104 valence electrons. The van der Waals surface area contributed by atoms with Gasteiger partial charge in [0.25, 0.3) is 0 Å². The molecule has 2 heterocycles. The lowest BCUT2D eigenvalue weighted by Crippen LogP contribution is -2.37. The minimum Gasteiger partial charge on any atom is -0.493 e. The summed E-state index contributed by atoms with van der Waals surface area (Å²) >= 11 is 0. The average Bonchev–Trinajstić information content (AvgIpc) is 2.48. The Morgan fingerprint density at radius 2 is 2.11 bits per heavy atom. The minimum absolute atomic E-state index is 0.247. The fourth-order valence-corrected chi connectivity index (χ4v) is 3.28. The summed E-state index contributed by atoms with van der Waals surface area (Å²) in [7, 11) is 0. The quantitative estimate of drug-likeness (QED) is 0.910. The predicted molar refractivity (Wildman–Crippen MR) is 75.4 cm³/mol. The molecule has 0 spiro atoms. The molecule has 1 saturated heterocycles. The second-order valence-corrected chi connectivity index (χ2v) is 5.75. The molecule has 3 rings (SSSR count). The first-order chi connectivity index (χ1) is 9.34. The molecule has 19 heavy (non-hydrogen) atoms. The number of fused-ring (bicyclic) bond motifs is 1. The van der Waals surface area contributed by atoms with Gasteiger partial charge >= 0.3 is 0 Å². The summed E-state index contributed by atoms with van der Waals surface area (Å²) in [5.74, 6) is 2.12.